The van der Waals surface area contributed by atoms with Crippen molar-refractivity contribution in [1.82, 2.24) is 14.9 Å². The number of nitrogens with one attached hydrogen (secondary N) is 1. The fourth-order valence-corrected chi connectivity index (χ4v) is 2.84. The Balaban J connectivity index is 0.00000151. The maximum Gasteiger partial charge on any atom is 0.271 e. The fraction of sp³-hybridized carbons (Fsp3) is 0.524. The average molecular weight is 344 g/mol. The Bertz CT molecular complexity index is 632. The molecule has 0 radical (unpaired) electrons. The topological polar surface area (TPSA) is 46.9 Å². The van der Waals surface area contributed by atoms with Crippen LogP contribution in [0.4, 0.5) is 0 Å². The number of aryl methyl sites for hydroxylation is 1. The summed E-state index contributed by atoms with van der Waals surface area (Å²) in [5, 5.41) is 3.01. The van der Waals surface area contributed by atoms with Crippen LogP contribution in [0.5, 0.6) is 0 Å². The minimum Gasteiger partial charge on any atom is -0.351 e. The number of nitrogens with zero attached hydrogens (tertiary/aromatic N) is 2. The molecule has 1 amide bonds. The van der Waals surface area contributed by atoms with E-state index in [-0.39, 0.29) is 5.91 Å². The van der Waals surface area contributed by atoms with Crippen molar-refractivity contribution in [3.8, 4) is 5.69 Å². The highest BCUT2D eigenvalue weighted by Gasteiger charge is 2.19. The maximum absolute atomic E-state index is 12.5. The van der Waals surface area contributed by atoms with E-state index >= 15 is 0 Å². The molecule has 2 rings (SSSR count). The van der Waals surface area contributed by atoms with Gasteiger partial charge in [-0.1, -0.05) is 65.2 Å². The second-order valence-electron chi connectivity index (χ2n) is 5.80. The lowest BCUT2D eigenvalue weighted by Gasteiger charge is -2.10. The van der Waals surface area contributed by atoms with E-state index in [1.807, 2.05) is 51.1 Å². The largest absolute Gasteiger partial charge is 0.351 e. The molecule has 0 unspecified atom stereocenters. The van der Waals surface area contributed by atoms with Crippen molar-refractivity contribution in [2.24, 2.45) is 0 Å². The van der Waals surface area contributed by atoms with Crippen molar-refractivity contribution >= 4 is 5.91 Å². The first-order valence-electron chi connectivity index (χ1n) is 9.60. The highest BCUT2D eigenvalue weighted by Crippen LogP contribution is 2.19. The molecule has 25 heavy (non-hydrogen) atoms. The molecule has 1 N–H and O–H groups in total. The van der Waals surface area contributed by atoms with Crippen LogP contribution in [-0.4, -0.2) is 22.0 Å². The van der Waals surface area contributed by atoms with E-state index in [4.69, 9.17) is 0 Å². The van der Waals surface area contributed by atoms with Gasteiger partial charge in [-0.15, -0.1) is 0 Å². The highest BCUT2D eigenvalue weighted by atomic mass is 16.1. The Morgan fingerprint density at radius 2 is 1.76 bits per heavy atom. The minimum atomic E-state index is -0.0591. The Morgan fingerprint density at radius 1 is 1.08 bits per heavy atom. The summed E-state index contributed by atoms with van der Waals surface area (Å²) < 4.78 is 2.08. The number of hydrogen-bond donors (Lipinski definition) is 1. The van der Waals surface area contributed by atoms with Crippen LogP contribution in [0.3, 0.4) is 0 Å². The zero-order valence-electron chi connectivity index (χ0n) is 16.4. The van der Waals surface area contributed by atoms with E-state index in [1.54, 1.807) is 0 Å². The van der Waals surface area contributed by atoms with Crippen LogP contribution in [0, 0.1) is 6.92 Å². The van der Waals surface area contributed by atoms with Crippen LogP contribution in [0.2, 0.25) is 0 Å². The van der Waals surface area contributed by atoms with Gasteiger partial charge in [-0.2, -0.15) is 0 Å². The average Bonchev–Trinajstić information content (AvgIpc) is 3.00. The monoisotopic (exact) mass is 343 g/mol. The van der Waals surface area contributed by atoms with Crippen molar-refractivity contribution in [1.29, 1.82) is 0 Å². The number of rotatable bonds is 8. The van der Waals surface area contributed by atoms with Gasteiger partial charge < -0.3 is 9.88 Å². The van der Waals surface area contributed by atoms with Gasteiger partial charge in [0.05, 0.1) is 5.69 Å². The van der Waals surface area contributed by atoms with Crippen molar-refractivity contribution in [2.45, 2.75) is 66.7 Å². The molecule has 0 aliphatic carbocycles. The van der Waals surface area contributed by atoms with Crippen LogP contribution in [0.25, 0.3) is 5.69 Å². The molecule has 4 heteroatoms. The van der Waals surface area contributed by atoms with Gasteiger partial charge in [-0.3, -0.25) is 4.79 Å². The van der Waals surface area contributed by atoms with Crippen LogP contribution in [-0.2, 0) is 6.42 Å². The van der Waals surface area contributed by atoms with Crippen molar-refractivity contribution in [2.75, 3.05) is 6.54 Å². The number of benzene rings is 1. The summed E-state index contributed by atoms with van der Waals surface area (Å²) in [6.07, 6.45) is 5.38. The number of amides is 1. The second-order valence-corrected chi connectivity index (χ2v) is 5.80. The summed E-state index contributed by atoms with van der Waals surface area (Å²) >= 11 is 0. The Hall–Kier alpha value is -2.10. The van der Waals surface area contributed by atoms with Gasteiger partial charge in [0, 0.05) is 12.2 Å². The third kappa shape index (κ3) is 5.73. The Kier molecular flexibility index (Phi) is 9.60. The number of aromatic nitrogens is 2. The van der Waals surface area contributed by atoms with Gasteiger partial charge >= 0.3 is 0 Å². The van der Waals surface area contributed by atoms with E-state index < -0.39 is 0 Å². The number of imidazole rings is 1. The fourth-order valence-electron chi connectivity index (χ4n) is 2.84. The number of hydrogen-bond acceptors (Lipinski definition) is 2. The molecule has 0 saturated carbocycles. The Morgan fingerprint density at radius 3 is 2.36 bits per heavy atom. The molecule has 138 valence electrons. The van der Waals surface area contributed by atoms with Gasteiger partial charge in [0.2, 0.25) is 0 Å². The molecule has 1 heterocycles. The van der Waals surface area contributed by atoms with E-state index in [9.17, 15) is 4.79 Å². The van der Waals surface area contributed by atoms with E-state index in [1.165, 1.54) is 12.8 Å². The van der Waals surface area contributed by atoms with Crippen LogP contribution in [0.15, 0.2) is 30.3 Å². The lowest BCUT2D eigenvalue weighted by Crippen LogP contribution is -2.26. The van der Waals surface area contributed by atoms with E-state index in [0.717, 1.165) is 43.0 Å². The van der Waals surface area contributed by atoms with Gasteiger partial charge in [0.1, 0.15) is 11.5 Å². The van der Waals surface area contributed by atoms with Crippen molar-refractivity contribution in [3.05, 3.63) is 47.5 Å². The van der Waals surface area contributed by atoms with Crippen molar-refractivity contribution < 1.29 is 4.79 Å². The van der Waals surface area contributed by atoms with Crippen molar-refractivity contribution in [3.63, 3.8) is 0 Å². The molecule has 0 aliphatic rings. The summed E-state index contributed by atoms with van der Waals surface area (Å²) in [4.78, 5) is 17.0. The number of para-hydroxylation sites is 1. The van der Waals surface area contributed by atoms with Crippen LogP contribution < -0.4 is 5.32 Å². The lowest BCUT2D eigenvalue weighted by atomic mass is 10.2. The molecule has 4 nitrogen and oxygen atoms in total. The molecule has 0 aliphatic heterocycles. The van der Waals surface area contributed by atoms with Gasteiger partial charge in [0.15, 0.2) is 0 Å². The smallest absolute Gasteiger partial charge is 0.271 e. The summed E-state index contributed by atoms with van der Waals surface area (Å²) in [5.74, 6) is 0.792. The zero-order valence-corrected chi connectivity index (χ0v) is 16.4. The predicted octanol–water partition coefficient (Wildman–Crippen LogP) is 5.08. The first-order chi connectivity index (χ1) is 12.2. The minimum absolute atomic E-state index is 0.0591. The normalized spacial score (nSPS) is 10.1. The van der Waals surface area contributed by atoms with Gasteiger partial charge in [0.25, 0.3) is 5.91 Å². The third-order valence-electron chi connectivity index (χ3n) is 4.02. The number of carbonyl (C=O) groups excluding carboxylic acids is 1. The quantitative estimate of drug-likeness (QED) is 0.679. The molecule has 0 spiro atoms. The SMILES string of the molecule is CC.CCCCCCNC(=O)c1nc(C)n(-c2ccccc2)c1CC. The second kappa shape index (κ2) is 11.5. The molecule has 2 aromatic rings. The van der Waals surface area contributed by atoms with E-state index in [2.05, 4.69) is 28.7 Å². The van der Waals surface area contributed by atoms with E-state index in [0.29, 0.717) is 5.69 Å². The summed E-state index contributed by atoms with van der Waals surface area (Å²) in [6.45, 7) is 10.9. The Labute approximate surface area is 152 Å². The first-order valence-corrected chi connectivity index (χ1v) is 9.60. The summed E-state index contributed by atoms with van der Waals surface area (Å²) in [7, 11) is 0. The van der Waals surface area contributed by atoms with Gasteiger partial charge in [-0.05, 0) is 31.9 Å². The summed E-state index contributed by atoms with van der Waals surface area (Å²) in [6, 6.07) is 10.1. The molecule has 0 saturated heterocycles. The molecular weight excluding hydrogens is 310 g/mol. The molecular formula is C21H33N3O. The predicted molar refractivity (Wildman–Crippen MR) is 106 cm³/mol. The van der Waals surface area contributed by atoms with Crippen LogP contribution >= 0.6 is 0 Å². The third-order valence-corrected chi connectivity index (χ3v) is 4.02. The first kappa shape index (κ1) is 20.9. The molecule has 1 aromatic carbocycles. The molecule has 0 bridgehead atoms. The number of carbonyl (C=O) groups is 1. The van der Waals surface area contributed by atoms with Gasteiger partial charge in [-0.25, -0.2) is 4.98 Å². The highest BCUT2D eigenvalue weighted by molar-refractivity contribution is 5.93. The summed E-state index contributed by atoms with van der Waals surface area (Å²) in [5.41, 5.74) is 2.58. The standard InChI is InChI=1S/C19H27N3O.C2H6/c1-4-6-7-11-14-20-19(23)18-17(5-2)22(15(3)21-18)16-12-9-8-10-13-16;1-2/h8-10,12-13H,4-7,11,14H2,1-3H3,(H,20,23);1-2H3. The number of unbranched alkanes of at least 4 members (excludes halogenated alkanes) is 3. The van der Waals surface area contributed by atoms with Crippen LogP contribution in [0.1, 0.15) is 75.4 Å². The maximum atomic E-state index is 12.5. The molecule has 0 fully saturated rings. The molecule has 0 atom stereocenters. The molecule has 1 aromatic heterocycles. The lowest BCUT2D eigenvalue weighted by molar-refractivity contribution is 0.0947. The zero-order chi connectivity index (χ0) is 18.7.